The van der Waals surface area contributed by atoms with Gasteiger partial charge in [0.25, 0.3) is 0 Å². The summed E-state index contributed by atoms with van der Waals surface area (Å²) in [5.74, 6) is 1.95. The molecule has 154 valence electrons. The lowest BCUT2D eigenvalue weighted by molar-refractivity contribution is 0.881. The van der Waals surface area contributed by atoms with Crippen LogP contribution in [0.15, 0.2) is 59.8 Å². The molecule has 5 rings (SSSR count). The Kier molecular flexibility index (Phi) is 5.46. The maximum absolute atomic E-state index is 6.03. The Morgan fingerprint density at radius 1 is 0.968 bits per heavy atom. The van der Waals surface area contributed by atoms with Crippen LogP contribution in [0.2, 0.25) is 5.02 Å². The predicted molar refractivity (Wildman–Crippen MR) is 119 cm³/mol. The minimum absolute atomic E-state index is 0.419. The van der Waals surface area contributed by atoms with E-state index in [1.165, 1.54) is 5.56 Å². The molecule has 0 fully saturated rings. The summed E-state index contributed by atoms with van der Waals surface area (Å²) >= 11 is 7.58. The van der Waals surface area contributed by atoms with Gasteiger partial charge in [-0.25, -0.2) is 9.97 Å². The van der Waals surface area contributed by atoms with Crippen molar-refractivity contribution in [2.24, 2.45) is 0 Å². The van der Waals surface area contributed by atoms with E-state index >= 15 is 0 Å². The lowest BCUT2D eigenvalue weighted by atomic mass is 10.2. The molecule has 31 heavy (non-hydrogen) atoms. The van der Waals surface area contributed by atoms with E-state index in [0.717, 1.165) is 22.5 Å². The molecule has 3 aromatic heterocycles. The van der Waals surface area contributed by atoms with E-state index in [1.807, 2.05) is 42.5 Å². The fourth-order valence-corrected chi connectivity index (χ4v) is 3.98. The zero-order chi connectivity index (χ0) is 21.0. The van der Waals surface area contributed by atoms with Gasteiger partial charge in [-0.3, -0.25) is 5.10 Å². The number of thioether (sulfide) groups is 1. The maximum Gasteiger partial charge on any atom is 0.192 e. The second kappa shape index (κ2) is 8.70. The lowest BCUT2D eigenvalue weighted by Crippen LogP contribution is -2.00. The molecule has 0 unspecified atom stereocenters. The van der Waals surface area contributed by atoms with Crippen LogP contribution in [-0.2, 0) is 12.2 Å². The zero-order valence-electron chi connectivity index (χ0n) is 16.1. The molecule has 0 radical (unpaired) electrons. The van der Waals surface area contributed by atoms with Crippen molar-refractivity contribution in [2.75, 3.05) is 5.32 Å². The minimum atomic E-state index is 0.419. The summed E-state index contributed by atoms with van der Waals surface area (Å²) in [4.78, 5) is 9.42. The number of anilines is 2. The van der Waals surface area contributed by atoms with Gasteiger partial charge in [0.15, 0.2) is 16.6 Å². The summed E-state index contributed by atoms with van der Waals surface area (Å²) in [6.07, 6.45) is 0.419. The quantitative estimate of drug-likeness (QED) is 0.250. The number of hydrogen-bond acceptors (Lipinski definition) is 8. The molecule has 11 heteroatoms. The molecule has 0 saturated carbocycles. The van der Waals surface area contributed by atoms with Crippen molar-refractivity contribution in [3.8, 4) is 0 Å². The maximum atomic E-state index is 6.03. The summed E-state index contributed by atoms with van der Waals surface area (Å²) in [7, 11) is 0. The van der Waals surface area contributed by atoms with Crippen LogP contribution in [0.25, 0.3) is 11.0 Å². The van der Waals surface area contributed by atoms with Crippen LogP contribution in [-0.4, -0.2) is 40.8 Å². The molecule has 0 bridgehead atoms. The molecule has 3 heterocycles. The summed E-state index contributed by atoms with van der Waals surface area (Å²) in [6, 6.07) is 17.6. The molecule has 0 amide bonds. The molecule has 5 aromatic rings. The SMILES string of the molecule is Clc1ccc(Nc2nc(SCc3ccccc3)nc3n[nH]c(Cc4nn[nH]n4)c23)cc1. The number of halogens is 1. The monoisotopic (exact) mass is 449 g/mol. The Labute approximate surface area is 186 Å². The van der Waals surface area contributed by atoms with E-state index in [9.17, 15) is 0 Å². The first-order chi connectivity index (χ1) is 15.2. The van der Waals surface area contributed by atoms with Crippen molar-refractivity contribution >= 4 is 45.9 Å². The number of nitrogens with one attached hydrogen (secondary N) is 3. The van der Waals surface area contributed by atoms with Crippen LogP contribution in [0.5, 0.6) is 0 Å². The van der Waals surface area contributed by atoms with Gasteiger partial charge in [0, 0.05) is 16.5 Å². The summed E-state index contributed by atoms with van der Waals surface area (Å²) < 4.78 is 0. The van der Waals surface area contributed by atoms with Crippen molar-refractivity contribution in [1.82, 2.24) is 40.8 Å². The van der Waals surface area contributed by atoms with E-state index in [1.54, 1.807) is 11.8 Å². The molecule has 0 atom stereocenters. The van der Waals surface area contributed by atoms with E-state index in [0.29, 0.717) is 33.9 Å². The van der Waals surface area contributed by atoms with Gasteiger partial charge in [-0.1, -0.05) is 58.9 Å². The topological polar surface area (TPSA) is 121 Å². The number of aromatic amines is 2. The standard InChI is InChI=1S/C20H16ClN9S/c21-13-6-8-14(9-7-13)22-18-17-15(10-16-26-29-30-27-16)25-28-19(17)24-20(23-18)31-11-12-4-2-1-3-5-12/h1-9H,10-11H2,(H,26,27,29,30)(H2,22,23,24,25,28). The van der Waals surface area contributed by atoms with Crippen molar-refractivity contribution in [1.29, 1.82) is 0 Å². The third kappa shape index (κ3) is 4.49. The third-order valence-corrected chi connectivity index (χ3v) is 5.68. The Morgan fingerprint density at radius 3 is 2.58 bits per heavy atom. The number of aromatic nitrogens is 8. The minimum Gasteiger partial charge on any atom is -0.339 e. The molecule has 0 saturated heterocycles. The zero-order valence-corrected chi connectivity index (χ0v) is 17.7. The highest BCUT2D eigenvalue weighted by Crippen LogP contribution is 2.30. The van der Waals surface area contributed by atoms with E-state index in [-0.39, 0.29) is 0 Å². The van der Waals surface area contributed by atoms with Gasteiger partial charge >= 0.3 is 0 Å². The van der Waals surface area contributed by atoms with Gasteiger partial charge in [0.2, 0.25) is 0 Å². The second-order valence-corrected chi connectivity index (χ2v) is 8.05. The molecule has 3 N–H and O–H groups in total. The van der Waals surface area contributed by atoms with Crippen molar-refractivity contribution < 1.29 is 0 Å². The van der Waals surface area contributed by atoms with Crippen LogP contribution in [0.4, 0.5) is 11.5 Å². The summed E-state index contributed by atoms with van der Waals surface area (Å²) in [5, 5.41) is 27.0. The van der Waals surface area contributed by atoms with Gasteiger partial charge in [0.05, 0.1) is 17.5 Å². The van der Waals surface area contributed by atoms with Crippen molar-refractivity contribution in [2.45, 2.75) is 17.3 Å². The number of fused-ring (bicyclic) bond motifs is 1. The predicted octanol–water partition coefficient (Wildman–Crippen LogP) is 4.15. The molecule has 9 nitrogen and oxygen atoms in total. The molecular weight excluding hydrogens is 434 g/mol. The number of tetrazole rings is 1. The lowest BCUT2D eigenvalue weighted by Gasteiger charge is -2.09. The average molecular weight is 450 g/mol. The van der Waals surface area contributed by atoms with Crippen LogP contribution >= 0.6 is 23.4 Å². The largest absolute Gasteiger partial charge is 0.339 e. The molecule has 0 aliphatic carbocycles. The van der Waals surface area contributed by atoms with E-state index in [2.05, 4.69) is 53.3 Å². The van der Waals surface area contributed by atoms with Crippen LogP contribution in [0.1, 0.15) is 17.1 Å². The average Bonchev–Trinajstić information content (AvgIpc) is 3.45. The Morgan fingerprint density at radius 2 is 1.81 bits per heavy atom. The van der Waals surface area contributed by atoms with Gasteiger partial charge < -0.3 is 5.32 Å². The first-order valence-corrected chi connectivity index (χ1v) is 10.8. The third-order valence-electron chi connectivity index (χ3n) is 4.51. The number of hydrogen-bond donors (Lipinski definition) is 3. The van der Waals surface area contributed by atoms with E-state index < -0.39 is 0 Å². The molecule has 0 aliphatic heterocycles. The molecule has 0 aliphatic rings. The second-order valence-electron chi connectivity index (χ2n) is 6.67. The Balaban J connectivity index is 1.51. The van der Waals surface area contributed by atoms with Gasteiger partial charge in [-0.15, -0.1) is 10.2 Å². The van der Waals surface area contributed by atoms with Crippen LogP contribution in [0.3, 0.4) is 0 Å². The normalized spacial score (nSPS) is 11.1. The highest BCUT2D eigenvalue weighted by molar-refractivity contribution is 7.98. The number of rotatable bonds is 7. The fourth-order valence-electron chi connectivity index (χ4n) is 3.05. The summed E-state index contributed by atoms with van der Waals surface area (Å²) in [5.41, 5.74) is 3.42. The summed E-state index contributed by atoms with van der Waals surface area (Å²) in [6.45, 7) is 0. The smallest absolute Gasteiger partial charge is 0.192 e. The van der Waals surface area contributed by atoms with Crippen LogP contribution < -0.4 is 5.32 Å². The first-order valence-electron chi connectivity index (χ1n) is 9.41. The van der Waals surface area contributed by atoms with Crippen molar-refractivity contribution in [3.05, 3.63) is 76.7 Å². The fraction of sp³-hybridized carbons (Fsp3) is 0.100. The van der Waals surface area contributed by atoms with Gasteiger partial charge in [0.1, 0.15) is 5.82 Å². The number of benzene rings is 2. The highest BCUT2D eigenvalue weighted by atomic mass is 35.5. The van der Waals surface area contributed by atoms with E-state index in [4.69, 9.17) is 16.6 Å². The Hall–Kier alpha value is -3.50. The first kappa shape index (κ1) is 19.5. The molecule has 2 aromatic carbocycles. The van der Waals surface area contributed by atoms with Crippen LogP contribution in [0, 0.1) is 0 Å². The number of H-pyrrole nitrogens is 2. The molecule has 0 spiro atoms. The highest BCUT2D eigenvalue weighted by Gasteiger charge is 2.17. The van der Waals surface area contributed by atoms with Gasteiger partial charge in [-0.05, 0) is 29.8 Å². The molecular formula is C20H16ClN9S. The van der Waals surface area contributed by atoms with Gasteiger partial charge in [-0.2, -0.15) is 10.3 Å². The Bertz CT molecular complexity index is 1290. The number of nitrogens with zero attached hydrogens (tertiary/aromatic N) is 6. The van der Waals surface area contributed by atoms with Crippen molar-refractivity contribution in [3.63, 3.8) is 0 Å².